The van der Waals surface area contributed by atoms with Gasteiger partial charge in [0.15, 0.2) is 0 Å². The van der Waals surface area contributed by atoms with E-state index in [2.05, 4.69) is 63.8 Å². The van der Waals surface area contributed by atoms with Crippen LogP contribution in [0.3, 0.4) is 0 Å². The molecular weight excluding hydrogens is 330 g/mol. The van der Waals surface area contributed by atoms with Crippen molar-refractivity contribution in [3.63, 3.8) is 0 Å². The van der Waals surface area contributed by atoms with E-state index in [0.29, 0.717) is 0 Å². The predicted octanol–water partition coefficient (Wildman–Crippen LogP) is 5.27. The van der Waals surface area contributed by atoms with Crippen LogP contribution in [0.2, 0.25) is 5.02 Å². The highest BCUT2D eigenvalue weighted by molar-refractivity contribution is 6.30. The minimum atomic E-state index is 0.0941. The molecule has 1 atom stereocenters. The Kier molecular flexibility index (Phi) is 4.16. The molecule has 2 heterocycles. The summed E-state index contributed by atoms with van der Waals surface area (Å²) in [6.07, 6.45) is 9.93. The van der Waals surface area contributed by atoms with Gasteiger partial charge in [-0.15, -0.1) is 0 Å². The second kappa shape index (κ2) is 6.61. The van der Waals surface area contributed by atoms with Crippen LogP contribution in [0.5, 0.6) is 0 Å². The average molecular weight is 348 g/mol. The summed E-state index contributed by atoms with van der Waals surface area (Å²) in [5, 5.41) is 0.743. The Morgan fingerprint density at radius 3 is 2.32 bits per heavy atom. The van der Waals surface area contributed by atoms with Crippen LogP contribution in [-0.4, -0.2) is 14.1 Å². The molecule has 25 heavy (non-hydrogen) atoms. The first-order valence-electron chi connectivity index (χ1n) is 8.18. The lowest BCUT2D eigenvalue weighted by molar-refractivity contribution is 0.676. The molecule has 3 nitrogen and oxygen atoms in total. The van der Waals surface area contributed by atoms with E-state index in [1.165, 1.54) is 16.7 Å². The summed E-state index contributed by atoms with van der Waals surface area (Å²) in [5.74, 6) is 0. The van der Waals surface area contributed by atoms with E-state index < -0.39 is 0 Å². The van der Waals surface area contributed by atoms with Gasteiger partial charge in [0.2, 0.25) is 0 Å². The van der Waals surface area contributed by atoms with Crippen LogP contribution in [-0.2, 0) is 0 Å². The summed E-state index contributed by atoms with van der Waals surface area (Å²) < 4.78 is 4.25. The maximum absolute atomic E-state index is 6.00. The number of benzene rings is 2. The summed E-state index contributed by atoms with van der Waals surface area (Å²) in [7, 11) is 0. The Morgan fingerprint density at radius 2 is 1.64 bits per heavy atom. The largest absolute Gasteiger partial charge is 0.326 e. The maximum Gasteiger partial charge on any atom is 0.0954 e. The van der Waals surface area contributed by atoms with Crippen molar-refractivity contribution in [1.82, 2.24) is 14.1 Å². The fraction of sp³-hybridized carbons (Fsp3) is 0.0952. The highest BCUT2D eigenvalue weighted by atomic mass is 35.5. The van der Waals surface area contributed by atoms with Gasteiger partial charge in [-0.1, -0.05) is 41.4 Å². The number of imidazole rings is 1. The molecule has 0 N–H and O–H groups in total. The first kappa shape index (κ1) is 15.7. The molecule has 0 radical (unpaired) electrons. The summed E-state index contributed by atoms with van der Waals surface area (Å²) >= 11 is 6.00. The zero-order chi connectivity index (χ0) is 17.2. The smallest absolute Gasteiger partial charge is 0.0954 e. The van der Waals surface area contributed by atoms with Crippen molar-refractivity contribution in [2.24, 2.45) is 0 Å². The van der Waals surface area contributed by atoms with E-state index in [0.717, 1.165) is 10.7 Å². The Balaban J connectivity index is 1.75. The van der Waals surface area contributed by atoms with Gasteiger partial charge < -0.3 is 9.13 Å². The third-order valence-corrected chi connectivity index (χ3v) is 4.62. The molecule has 0 fully saturated rings. The van der Waals surface area contributed by atoms with Gasteiger partial charge in [0.05, 0.1) is 12.4 Å². The number of rotatable bonds is 4. The molecule has 0 aliphatic heterocycles. The second-order valence-corrected chi connectivity index (χ2v) is 6.59. The molecule has 0 bridgehead atoms. The van der Waals surface area contributed by atoms with Crippen LogP contribution < -0.4 is 0 Å². The van der Waals surface area contributed by atoms with E-state index in [4.69, 9.17) is 11.6 Å². The van der Waals surface area contributed by atoms with E-state index in [9.17, 15) is 0 Å². The molecule has 4 aromatic rings. The molecular formula is C21H18ClN3. The minimum absolute atomic E-state index is 0.0941. The SMILES string of the molecule is Cc1ccc([C@H](c2ccn(-c3ccc(Cl)cc3)c2)n2ccnc2)cc1. The van der Waals surface area contributed by atoms with Gasteiger partial charge in [0, 0.05) is 35.5 Å². The van der Waals surface area contributed by atoms with Gasteiger partial charge in [0.25, 0.3) is 0 Å². The number of aryl methyl sites for hydroxylation is 1. The van der Waals surface area contributed by atoms with Crippen molar-refractivity contribution in [1.29, 1.82) is 0 Å². The zero-order valence-corrected chi connectivity index (χ0v) is 14.6. The molecule has 4 rings (SSSR count). The third kappa shape index (κ3) is 3.24. The first-order chi connectivity index (χ1) is 12.2. The number of aromatic nitrogens is 3. The van der Waals surface area contributed by atoms with Gasteiger partial charge in [-0.05, 0) is 48.4 Å². The van der Waals surface area contributed by atoms with Crippen LogP contribution >= 0.6 is 11.6 Å². The molecule has 0 saturated heterocycles. The fourth-order valence-corrected chi connectivity index (χ4v) is 3.18. The van der Waals surface area contributed by atoms with E-state index in [1.807, 2.05) is 43.0 Å². The van der Waals surface area contributed by atoms with Gasteiger partial charge in [-0.3, -0.25) is 0 Å². The molecule has 0 unspecified atom stereocenters. The van der Waals surface area contributed by atoms with Crippen molar-refractivity contribution >= 4 is 11.6 Å². The second-order valence-electron chi connectivity index (χ2n) is 6.15. The van der Waals surface area contributed by atoms with Crippen molar-refractivity contribution in [3.05, 3.63) is 107 Å². The topological polar surface area (TPSA) is 22.8 Å². The Morgan fingerprint density at radius 1 is 0.880 bits per heavy atom. The van der Waals surface area contributed by atoms with Crippen molar-refractivity contribution in [2.75, 3.05) is 0 Å². The monoisotopic (exact) mass is 347 g/mol. The summed E-state index contributed by atoms with van der Waals surface area (Å²) in [5.41, 5.74) is 4.78. The number of hydrogen-bond acceptors (Lipinski definition) is 1. The first-order valence-corrected chi connectivity index (χ1v) is 8.56. The average Bonchev–Trinajstić information content (AvgIpc) is 3.30. The number of hydrogen-bond donors (Lipinski definition) is 0. The molecule has 0 spiro atoms. The van der Waals surface area contributed by atoms with Crippen molar-refractivity contribution < 1.29 is 0 Å². The van der Waals surface area contributed by atoms with E-state index >= 15 is 0 Å². The maximum atomic E-state index is 6.00. The molecule has 0 amide bonds. The number of halogens is 1. The normalized spacial score (nSPS) is 12.2. The predicted molar refractivity (Wildman–Crippen MR) is 101 cm³/mol. The molecule has 2 aromatic heterocycles. The van der Waals surface area contributed by atoms with Gasteiger partial charge in [0.1, 0.15) is 0 Å². The van der Waals surface area contributed by atoms with Crippen LogP contribution in [0.4, 0.5) is 0 Å². The molecule has 2 aromatic carbocycles. The van der Waals surface area contributed by atoms with Crippen molar-refractivity contribution in [3.8, 4) is 5.69 Å². The zero-order valence-electron chi connectivity index (χ0n) is 13.9. The fourth-order valence-electron chi connectivity index (χ4n) is 3.06. The van der Waals surface area contributed by atoms with E-state index in [1.54, 1.807) is 0 Å². The number of nitrogens with zero attached hydrogens (tertiary/aromatic N) is 3. The Labute approximate surface area is 152 Å². The molecule has 0 saturated carbocycles. The summed E-state index contributed by atoms with van der Waals surface area (Å²) in [6.45, 7) is 2.10. The Bertz CT molecular complexity index is 951. The van der Waals surface area contributed by atoms with E-state index in [-0.39, 0.29) is 6.04 Å². The van der Waals surface area contributed by atoms with Gasteiger partial charge >= 0.3 is 0 Å². The third-order valence-electron chi connectivity index (χ3n) is 4.37. The van der Waals surface area contributed by atoms with Crippen LogP contribution in [0, 0.1) is 6.92 Å². The summed E-state index contributed by atoms with van der Waals surface area (Å²) in [4.78, 5) is 4.23. The van der Waals surface area contributed by atoms with Crippen LogP contribution in [0.15, 0.2) is 85.7 Å². The molecule has 4 heteroatoms. The highest BCUT2D eigenvalue weighted by Gasteiger charge is 2.17. The van der Waals surface area contributed by atoms with Gasteiger partial charge in [-0.2, -0.15) is 0 Å². The lowest BCUT2D eigenvalue weighted by atomic mass is 10.00. The molecule has 0 aliphatic rings. The standard InChI is InChI=1S/C21H18ClN3/c1-16-2-4-17(5-3-16)21(25-13-11-23-15-25)18-10-12-24(14-18)20-8-6-19(22)7-9-20/h2-15,21H,1H3/t21-/m1/s1. The van der Waals surface area contributed by atoms with Gasteiger partial charge in [-0.25, -0.2) is 4.98 Å². The lowest BCUT2D eigenvalue weighted by Gasteiger charge is -2.18. The van der Waals surface area contributed by atoms with Crippen LogP contribution in [0.1, 0.15) is 22.7 Å². The Hall–Kier alpha value is -2.78. The quantitative estimate of drug-likeness (QED) is 0.493. The highest BCUT2D eigenvalue weighted by Crippen LogP contribution is 2.28. The van der Waals surface area contributed by atoms with Crippen molar-refractivity contribution in [2.45, 2.75) is 13.0 Å². The minimum Gasteiger partial charge on any atom is -0.326 e. The molecule has 0 aliphatic carbocycles. The lowest BCUT2D eigenvalue weighted by Crippen LogP contribution is -2.10. The molecule has 124 valence electrons. The van der Waals surface area contributed by atoms with Crippen LogP contribution in [0.25, 0.3) is 5.69 Å². The summed E-state index contributed by atoms with van der Waals surface area (Å²) in [6, 6.07) is 18.8.